The molecule has 1 rings (SSSR count). The van der Waals surface area contributed by atoms with E-state index in [1.165, 1.54) is 0 Å². The number of carbonyl (C=O) groups is 1. The van der Waals surface area contributed by atoms with Gasteiger partial charge in [0, 0.05) is 12.7 Å². The zero-order valence-corrected chi connectivity index (χ0v) is 9.53. The standard InChI is InChI=1S/C9H12O3S2/c1-14(11,12)7-9(10)3-2-8-4-5-13-6-8/h4-6H,2-3,7H2,1H3. The smallest absolute Gasteiger partial charge is 0.154 e. The Hall–Kier alpha value is -0.680. The molecule has 0 fully saturated rings. The van der Waals surface area contributed by atoms with Gasteiger partial charge in [-0.15, -0.1) is 0 Å². The number of hydrogen-bond donors (Lipinski definition) is 0. The van der Waals surface area contributed by atoms with Gasteiger partial charge in [0.2, 0.25) is 0 Å². The summed E-state index contributed by atoms with van der Waals surface area (Å²) in [6, 6.07) is 1.94. The molecule has 14 heavy (non-hydrogen) atoms. The summed E-state index contributed by atoms with van der Waals surface area (Å²) in [5.74, 6) is -0.546. The molecule has 0 bridgehead atoms. The van der Waals surface area contributed by atoms with Gasteiger partial charge in [-0.25, -0.2) is 8.42 Å². The maximum atomic E-state index is 11.2. The predicted molar refractivity (Wildman–Crippen MR) is 57.4 cm³/mol. The van der Waals surface area contributed by atoms with Gasteiger partial charge in [0.1, 0.15) is 11.5 Å². The SMILES string of the molecule is CS(=O)(=O)CC(=O)CCc1ccsc1. The molecule has 3 nitrogen and oxygen atoms in total. The van der Waals surface area contributed by atoms with Crippen LogP contribution >= 0.6 is 11.3 Å². The molecule has 0 atom stereocenters. The lowest BCUT2D eigenvalue weighted by Gasteiger charge is -1.97. The molecule has 1 heterocycles. The second kappa shape index (κ2) is 4.70. The lowest BCUT2D eigenvalue weighted by Crippen LogP contribution is -2.14. The molecule has 0 saturated heterocycles. The Bertz CT molecular complexity index is 390. The molecular formula is C9H12O3S2. The van der Waals surface area contributed by atoms with Crippen molar-refractivity contribution in [2.75, 3.05) is 12.0 Å². The van der Waals surface area contributed by atoms with Crippen molar-refractivity contribution >= 4 is 27.0 Å². The van der Waals surface area contributed by atoms with Crippen molar-refractivity contribution < 1.29 is 13.2 Å². The summed E-state index contributed by atoms with van der Waals surface area (Å²) in [5.41, 5.74) is 1.09. The largest absolute Gasteiger partial charge is 0.299 e. The van der Waals surface area contributed by atoms with E-state index in [1.54, 1.807) is 11.3 Å². The first-order chi connectivity index (χ1) is 6.47. The summed E-state index contributed by atoms with van der Waals surface area (Å²) in [6.45, 7) is 0. The Kier molecular flexibility index (Phi) is 3.83. The highest BCUT2D eigenvalue weighted by Crippen LogP contribution is 2.08. The number of thiophene rings is 1. The van der Waals surface area contributed by atoms with Crippen molar-refractivity contribution in [2.45, 2.75) is 12.8 Å². The number of Topliss-reactive ketones (excluding diaryl/α,β-unsaturated/α-hetero) is 1. The summed E-state index contributed by atoms with van der Waals surface area (Å²) in [5, 5.41) is 3.91. The van der Waals surface area contributed by atoms with Gasteiger partial charge in [-0.2, -0.15) is 11.3 Å². The number of rotatable bonds is 5. The number of ketones is 1. The molecule has 78 valence electrons. The Labute approximate surface area is 87.7 Å². The van der Waals surface area contributed by atoms with E-state index in [1.807, 2.05) is 16.8 Å². The van der Waals surface area contributed by atoms with Gasteiger partial charge in [-0.05, 0) is 28.8 Å². The van der Waals surface area contributed by atoms with Crippen LogP contribution in [0.3, 0.4) is 0 Å². The van der Waals surface area contributed by atoms with Crippen LogP contribution in [0.25, 0.3) is 0 Å². The van der Waals surface area contributed by atoms with E-state index < -0.39 is 9.84 Å². The van der Waals surface area contributed by atoms with Gasteiger partial charge in [-0.1, -0.05) is 0 Å². The normalized spacial score (nSPS) is 11.5. The molecule has 0 aliphatic rings. The molecule has 0 unspecified atom stereocenters. The van der Waals surface area contributed by atoms with Crippen LogP contribution in [0.2, 0.25) is 0 Å². The van der Waals surface area contributed by atoms with Crippen LogP contribution in [0, 0.1) is 0 Å². The molecule has 0 aliphatic heterocycles. The van der Waals surface area contributed by atoms with Crippen molar-refractivity contribution in [3.63, 3.8) is 0 Å². The van der Waals surface area contributed by atoms with Crippen LogP contribution in [-0.2, 0) is 21.1 Å². The molecule has 0 N–H and O–H groups in total. The van der Waals surface area contributed by atoms with E-state index in [4.69, 9.17) is 0 Å². The second-order valence-electron chi connectivity index (χ2n) is 3.24. The monoisotopic (exact) mass is 232 g/mol. The fraction of sp³-hybridized carbons (Fsp3) is 0.444. The molecule has 0 spiro atoms. The van der Waals surface area contributed by atoms with Crippen LogP contribution in [0.1, 0.15) is 12.0 Å². The van der Waals surface area contributed by atoms with Gasteiger partial charge < -0.3 is 0 Å². The lowest BCUT2D eigenvalue weighted by atomic mass is 10.1. The zero-order valence-electron chi connectivity index (χ0n) is 7.89. The minimum absolute atomic E-state index is 0.210. The summed E-state index contributed by atoms with van der Waals surface area (Å²) in [6.07, 6.45) is 2.02. The first-order valence-corrected chi connectivity index (χ1v) is 7.18. The predicted octanol–water partition coefficient (Wildman–Crippen LogP) is 1.29. The minimum atomic E-state index is -3.16. The number of carbonyl (C=O) groups excluding carboxylic acids is 1. The molecule has 1 aromatic heterocycles. The highest BCUT2D eigenvalue weighted by Gasteiger charge is 2.10. The molecule has 1 aromatic rings. The number of sulfone groups is 1. The Morgan fingerprint density at radius 3 is 2.71 bits per heavy atom. The first-order valence-electron chi connectivity index (χ1n) is 4.18. The number of aryl methyl sites for hydroxylation is 1. The van der Waals surface area contributed by atoms with E-state index in [0.717, 1.165) is 11.8 Å². The Morgan fingerprint density at radius 2 is 2.21 bits per heavy atom. The minimum Gasteiger partial charge on any atom is -0.299 e. The molecule has 0 aromatic carbocycles. The van der Waals surface area contributed by atoms with E-state index >= 15 is 0 Å². The maximum absolute atomic E-state index is 11.2. The average Bonchev–Trinajstić information content (AvgIpc) is 2.49. The lowest BCUT2D eigenvalue weighted by molar-refractivity contribution is -0.116. The Balaban J connectivity index is 2.36. The van der Waals surface area contributed by atoms with Crippen molar-refractivity contribution in [2.24, 2.45) is 0 Å². The second-order valence-corrected chi connectivity index (χ2v) is 6.16. The molecular weight excluding hydrogens is 220 g/mol. The summed E-state index contributed by atoms with van der Waals surface area (Å²) in [4.78, 5) is 11.2. The van der Waals surface area contributed by atoms with Crippen LogP contribution in [0.5, 0.6) is 0 Å². The van der Waals surface area contributed by atoms with Crippen LogP contribution in [-0.4, -0.2) is 26.2 Å². The maximum Gasteiger partial charge on any atom is 0.154 e. The summed E-state index contributed by atoms with van der Waals surface area (Å²) < 4.78 is 21.6. The average molecular weight is 232 g/mol. The van der Waals surface area contributed by atoms with Gasteiger partial charge >= 0.3 is 0 Å². The topological polar surface area (TPSA) is 51.2 Å². The van der Waals surface area contributed by atoms with Gasteiger partial charge in [-0.3, -0.25) is 4.79 Å². The van der Waals surface area contributed by atoms with E-state index in [2.05, 4.69) is 0 Å². The quantitative estimate of drug-likeness (QED) is 0.768. The summed E-state index contributed by atoms with van der Waals surface area (Å²) >= 11 is 1.57. The van der Waals surface area contributed by atoms with E-state index in [-0.39, 0.29) is 11.5 Å². The van der Waals surface area contributed by atoms with Crippen LogP contribution < -0.4 is 0 Å². The van der Waals surface area contributed by atoms with E-state index in [0.29, 0.717) is 12.8 Å². The molecule has 0 aliphatic carbocycles. The Morgan fingerprint density at radius 1 is 1.50 bits per heavy atom. The van der Waals surface area contributed by atoms with Crippen molar-refractivity contribution in [1.82, 2.24) is 0 Å². The van der Waals surface area contributed by atoms with Crippen molar-refractivity contribution in [3.8, 4) is 0 Å². The number of hydrogen-bond acceptors (Lipinski definition) is 4. The molecule has 0 saturated carbocycles. The van der Waals surface area contributed by atoms with Crippen LogP contribution in [0.4, 0.5) is 0 Å². The van der Waals surface area contributed by atoms with Gasteiger partial charge in [0.15, 0.2) is 9.84 Å². The fourth-order valence-electron chi connectivity index (χ4n) is 1.08. The molecule has 0 amide bonds. The highest BCUT2D eigenvalue weighted by atomic mass is 32.2. The van der Waals surface area contributed by atoms with Crippen molar-refractivity contribution in [3.05, 3.63) is 22.4 Å². The zero-order chi connectivity index (χ0) is 10.6. The first kappa shape index (κ1) is 11.4. The van der Waals surface area contributed by atoms with E-state index in [9.17, 15) is 13.2 Å². The molecule has 5 heteroatoms. The molecule has 0 radical (unpaired) electrons. The third kappa shape index (κ3) is 4.53. The van der Waals surface area contributed by atoms with Crippen LogP contribution in [0.15, 0.2) is 16.8 Å². The summed E-state index contributed by atoms with van der Waals surface area (Å²) in [7, 11) is -3.16. The fourth-order valence-corrected chi connectivity index (χ4v) is 2.52. The third-order valence-electron chi connectivity index (χ3n) is 1.70. The third-order valence-corrected chi connectivity index (χ3v) is 3.27. The van der Waals surface area contributed by atoms with Gasteiger partial charge in [0.25, 0.3) is 0 Å². The van der Waals surface area contributed by atoms with Gasteiger partial charge in [0.05, 0.1) is 0 Å². The van der Waals surface area contributed by atoms with Crippen molar-refractivity contribution in [1.29, 1.82) is 0 Å². The highest BCUT2D eigenvalue weighted by molar-refractivity contribution is 7.91.